The lowest BCUT2D eigenvalue weighted by molar-refractivity contribution is 0.0735. The molecule has 4 nitrogen and oxygen atoms in total. The van der Waals surface area contributed by atoms with Crippen molar-refractivity contribution >= 4 is 22.4 Å². The Kier molecular flexibility index (Phi) is 3.46. The van der Waals surface area contributed by atoms with Crippen molar-refractivity contribution in [3.05, 3.63) is 11.1 Å². The first-order valence-electron chi connectivity index (χ1n) is 4.54. The molecule has 1 heterocycles. The third kappa shape index (κ3) is 2.23. The van der Waals surface area contributed by atoms with Crippen LogP contribution in [-0.2, 0) is 0 Å². The monoisotopic (exact) mass is 213 g/mol. The maximum Gasteiger partial charge on any atom is 0.273 e. The molecule has 1 aromatic heterocycles. The molecule has 0 fully saturated rings. The largest absolute Gasteiger partial charge is 0.375 e. The van der Waals surface area contributed by atoms with Crippen LogP contribution >= 0.6 is 11.3 Å². The summed E-state index contributed by atoms with van der Waals surface area (Å²) in [7, 11) is 1.78. The van der Waals surface area contributed by atoms with Crippen LogP contribution in [0, 0.1) is 0 Å². The van der Waals surface area contributed by atoms with Crippen LogP contribution in [0.3, 0.4) is 0 Å². The van der Waals surface area contributed by atoms with Crippen molar-refractivity contribution in [2.75, 3.05) is 12.8 Å². The SMILES string of the molecule is CCC(C)N(C)C(=O)c1csc(N)n1. The van der Waals surface area contributed by atoms with Gasteiger partial charge in [-0.2, -0.15) is 0 Å². The van der Waals surface area contributed by atoms with Gasteiger partial charge in [0, 0.05) is 18.5 Å². The van der Waals surface area contributed by atoms with Crippen molar-refractivity contribution in [1.82, 2.24) is 9.88 Å². The number of hydrogen-bond acceptors (Lipinski definition) is 4. The van der Waals surface area contributed by atoms with E-state index in [1.54, 1.807) is 17.3 Å². The number of nitrogen functional groups attached to an aromatic ring is 1. The molecule has 0 aromatic carbocycles. The topological polar surface area (TPSA) is 59.2 Å². The minimum Gasteiger partial charge on any atom is -0.375 e. The second-order valence-electron chi connectivity index (χ2n) is 3.24. The number of rotatable bonds is 3. The molecule has 0 aliphatic heterocycles. The fraction of sp³-hybridized carbons (Fsp3) is 0.556. The fourth-order valence-electron chi connectivity index (χ4n) is 1.04. The Balaban J connectivity index is 2.75. The van der Waals surface area contributed by atoms with E-state index in [4.69, 9.17) is 5.73 Å². The van der Waals surface area contributed by atoms with Gasteiger partial charge < -0.3 is 10.6 Å². The van der Waals surface area contributed by atoms with Crippen LogP contribution in [0.15, 0.2) is 5.38 Å². The number of thiazole rings is 1. The second kappa shape index (κ2) is 4.41. The van der Waals surface area contributed by atoms with Gasteiger partial charge in [-0.1, -0.05) is 6.92 Å². The zero-order valence-corrected chi connectivity index (χ0v) is 9.47. The average molecular weight is 213 g/mol. The van der Waals surface area contributed by atoms with E-state index in [-0.39, 0.29) is 11.9 Å². The van der Waals surface area contributed by atoms with E-state index in [0.717, 1.165) is 6.42 Å². The van der Waals surface area contributed by atoms with E-state index in [0.29, 0.717) is 10.8 Å². The van der Waals surface area contributed by atoms with Gasteiger partial charge in [0.15, 0.2) is 5.13 Å². The van der Waals surface area contributed by atoms with Gasteiger partial charge in [0.25, 0.3) is 5.91 Å². The molecule has 14 heavy (non-hydrogen) atoms. The number of hydrogen-bond donors (Lipinski definition) is 1. The van der Waals surface area contributed by atoms with Gasteiger partial charge in [0.2, 0.25) is 0 Å². The van der Waals surface area contributed by atoms with Gasteiger partial charge in [-0.15, -0.1) is 11.3 Å². The number of nitrogens with two attached hydrogens (primary N) is 1. The molecule has 1 rings (SSSR count). The fourth-order valence-corrected chi connectivity index (χ4v) is 1.58. The molecule has 5 heteroatoms. The highest BCUT2D eigenvalue weighted by atomic mass is 32.1. The summed E-state index contributed by atoms with van der Waals surface area (Å²) < 4.78 is 0. The van der Waals surface area contributed by atoms with Crippen LogP contribution < -0.4 is 5.73 Å². The average Bonchev–Trinajstić information content (AvgIpc) is 2.61. The first kappa shape index (κ1) is 11.0. The van der Waals surface area contributed by atoms with Gasteiger partial charge in [-0.25, -0.2) is 4.98 Å². The smallest absolute Gasteiger partial charge is 0.273 e. The van der Waals surface area contributed by atoms with Gasteiger partial charge in [-0.3, -0.25) is 4.79 Å². The molecule has 0 saturated carbocycles. The van der Waals surface area contributed by atoms with Gasteiger partial charge in [-0.05, 0) is 13.3 Å². The van der Waals surface area contributed by atoms with Crippen LogP contribution in [0.25, 0.3) is 0 Å². The first-order chi connectivity index (χ1) is 6.56. The van der Waals surface area contributed by atoms with Crippen LogP contribution in [-0.4, -0.2) is 28.9 Å². The summed E-state index contributed by atoms with van der Waals surface area (Å²) in [5.41, 5.74) is 5.90. The Morgan fingerprint density at radius 1 is 1.79 bits per heavy atom. The molecule has 0 bridgehead atoms. The summed E-state index contributed by atoms with van der Waals surface area (Å²) >= 11 is 1.29. The first-order valence-corrected chi connectivity index (χ1v) is 5.42. The molecule has 1 unspecified atom stereocenters. The van der Waals surface area contributed by atoms with Crippen molar-refractivity contribution in [3.8, 4) is 0 Å². The van der Waals surface area contributed by atoms with Crippen molar-refractivity contribution in [2.45, 2.75) is 26.3 Å². The molecule has 78 valence electrons. The van der Waals surface area contributed by atoms with E-state index >= 15 is 0 Å². The van der Waals surface area contributed by atoms with E-state index < -0.39 is 0 Å². The maximum absolute atomic E-state index is 11.8. The quantitative estimate of drug-likeness (QED) is 0.829. The molecule has 0 aliphatic rings. The zero-order valence-electron chi connectivity index (χ0n) is 8.65. The number of carbonyl (C=O) groups is 1. The highest BCUT2D eigenvalue weighted by Gasteiger charge is 2.18. The molecule has 0 radical (unpaired) electrons. The molecule has 1 aromatic rings. The highest BCUT2D eigenvalue weighted by Crippen LogP contribution is 2.14. The van der Waals surface area contributed by atoms with Crippen LogP contribution in [0.2, 0.25) is 0 Å². The van der Waals surface area contributed by atoms with E-state index in [9.17, 15) is 4.79 Å². The zero-order chi connectivity index (χ0) is 10.7. The minimum atomic E-state index is -0.0627. The number of anilines is 1. The van der Waals surface area contributed by atoms with Crippen molar-refractivity contribution in [3.63, 3.8) is 0 Å². The lowest BCUT2D eigenvalue weighted by atomic mass is 10.2. The minimum absolute atomic E-state index is 0.0627. The standard InChI is InChI=1S/C9H15N3OS/c1-4-6(2)12(3)8(13)7-5-14-9(10)11-7/h5-6H,4H2,1-3H3,(H2,10,11). The number of nitrogens with zero attached hydrogens (tertiary/aromatic N) is 2. The molecular formula is C9H15N3OS. The molecule has 1 atom stereocenters. The predicted octanol–water partition coefficient (Wildman–Crippen LogP) is 1.60. The summed E-state index contributed by atoms with van der Waals surface area (Å²) in [6.45, 7) is 4.05. The highest BCUT2D eigenvalue weighted by molar-refractivity contribution is 7.13. The lowest BCUT2D eigenvalue weighted by Crippen LogP contribution is -2.34. The van der Waals surface area contributed by atoms with E-state index in [1.807, 2.05) is 13.8 Å². The van der Waals surface area contributed by atoms with Gasteiger partial charge >= 0.3 is 0 Å². The summed E-state index contributed by atoms with van der Waals surface area (Å²) in [6.07, 6.45) is 0.932. The molecule has 0 aliphatic carbocycles. The van der Waals surface area contributed by atoms with Crippen LogP contribution in [0.4, 0.5) is 5.13 Å². The summed E-state index contributed by atoms with van der Waals surface area (Å²) in [5.74, 6) is -0.0627. The summed E-state index contributed by atoms with van der Waals surface area (Å²) in [5, 5.41) is 2.13. The van der Waals surface area contributed by atoms with Gasteiger partial charge in [0.05, 0.1) is 0 Å². The molecule has 2 N–H and O–H groups in total. The lowest BCUT2D eigenvalue weighted by Gasteiger charge is -2.22. The number of aromatic nitrogens is 1. The molecular weight excluding hydrogens is 198 g/mol. The van der Waals surface area contributed by atoms with E-state index in [1.165, 1.54) is 11.3 Å². The summed E-state index contributed by atoms with van der Waals surface area (Å²) in [6, 6.07) is 0.227. The molecule has 0 spiro atoms. The number of amides is 1. The van der Waals surface area contributed by atoms with Crippen molar-refractivity contribution < 1.29 is 4.79 Å². The van der Waals surface area contributed by atoms with Gasteiger partial charge in [0.1, 0.15) is 5.69 Å². The summed E-state index contributed by atoms with van der Waals surface area (Å²) in [4.78, 5) is 17.4. The molecule has 1 amide bonds. The van der Waals surface area contributed by atoms with Crippen LogP contribution in [0.1, 0.15) is 30.8 Å². The predicted molar refractivity (Wildman–Crippen MR) is 58.4 cm³/mol. The molecule has 0 saturated heterocycles. The Morgan fingerprint density at radius 3 is 2.86 bits per heavy atom. The van der Waals surface area contributed by atoms with Crippen LogP contribution in [0.5, 0.6) is 0 Å². The Labute approximate surface area is 87.7 Å². The second-order valence-corrected chi connectivity index (χ2v) is 4.13. The normalized spacial score (nSPS) is 12.5. The third-order valence-electron chi connectivity index (χ3n) is 2.31. The Bertz CT molecular complexity index is 324. The number of carbonyl (C=O) groups excluding carboxylic acids is 1. The Morgan fingerprint density at radius 2 is 2.43 bits per heavy atom. The van der Waals surface area contributed by atoms with Crippen molar-refractivity contribution in [2.24, 2.45) is 0 Å². The van der Waals surface area contributed by atoms with Crippen molar-refractivity contribution in [1.29, 1.82) is 0 Å². The Hall–Kier alpha value is -1.10. The maximum atomic E-state index is 11.8. The van der Waals surface area contributed by atoms with E-state index in [2.05, 4.69) is 4.98 Å². The third-order valence-corrected chi connectivity index (χ3v) is 2.99.